The number of carbonyl (C=O) groups is 1. The number of carboxylic acid groups (broad SMARTS) is 1. The van der Waals surface area contributed by atoms with E-state index in [-0.39, 0.29) is 24.6 Å². The first-order valence-electron chi connectivity index (χ1n) is 13.0. The number of β-amino-alcohol motifs (C(OH)–C–C–N with tert-alkyl or cyclic N) is 1. The molecule has 0 bridgehead atoms. The van der Waals surface area contributed by atoms with Gasteiger partial charge in [-0.15, -0.1) is 0 Å². The number of ether oxygens (including phenoxy) is 2. The normalized spacial score (nSPS) is 18.8. The Balaban J connectivity index is 1.49. The number of likely N-dealkylation sites (tertiary alicyclic amines) is 1. The Kier molecular flexibility index (Phi) is 10.9. The van der Waals surface area contributed by atoms with Gasteiger partial charge < -0.3 is 19.7 Å². The summed E-state index contributed by atoms with van der Waals surface area (Å²) in [6.07, 6.45) is 2.26. The molecule has 1 saturated heterocycles. The summed E-state index contributed by atoms with van der Waals surface area (Å²) in [4.78, 5) is 13.5. The zero-order chi connectivity index (χ0) is 26.1. The van der Waals surface area contributed by atoms with Gasteiger partial charge in [-0.3, -0.25) is 4.90 Å². The van der Waals surface area contributed by atoms with E-state index >= 15 is 0 Å². The van der Waals surface area contributed by atoms with Crippen LogP contribution in [0.15, 0.2) is 42.5 Å². The van der Waals surface area contributed by atoms with Crippen LogP contribution in [0.1, 0.15) is 61.5 Å². The summed E-state index contributed by atoms with van der Waals surface area (Å²) in [5.74, 6) is -1.11. The van der Waals surface area contributed by atoms with Crippen LogP contribution in [-0.2, 0) is 27.1 Å². The third-order valence-electron chi connectivity index (χ3n) is 7.02. The molecule has 198 valence electrons. The Labute approximate surface area is 214 Å². The minimum atomic E-state index is -0.942. The van der Waals surface area contributed by atoms with Crippen molar-refractivity contribution < 1.29 is 28.9 Å². The summed E-state index contributed by atoms with van der Waals surface area (Å²) in [6, 6.07) is 13.6. The van der Waals surface area contributed by atoms with Crippen LogP contribution in [0.5, 0.6) is 0 Å². The minimum Gasteiger partial charge on any atom is -0.479 e. The van der Waals surface area contributed by atoms with Crippen molar-refractivity contribution in [2.45, 2.75) is 77.2 Å². The molecule has 1 fully saturated rings. The van der Waals surface area contributed by atoms with Crippen molar-refractivity contribution in [3.05, 3.63) is 70.5 Å². The summed E-state index contributed by atoms with van der Waals surface area (Å²) in [7, 11) is 0. The smallest absolute Gasteiger partial charge is 0.332 e. The van der Waals surface area contributed by atoms with Crippen LogP contribution < -0.4 is 0 Å². The topological polar surface area (TPSA) is 79.2 Å². The molecule has 0 spiro atoms. The molecule has 3 rings (SSSR count). The fourth-order valence-corrected chi connectivity index (χ4v) is 4.90. The molecule has 7 heteroatoms. The molecule has 1 aliphatic rings. The highest BCUT2D eigenvalue weighted by Crippen LogP contribution is 2.24. The van der Waals surface area contributed by atoms with Gasteiger partial charge in [-0.2, -0.15) is 0 Å². The molecule has 0 saturated carbocycles. The lowest BCUT2D eigenvalue weighted by Crippen LogP contribution is -2.39. The van der Waals surface area contributed by atoms with Crippen LogP contribution in [0, 0.1) is 12.7 Å². The molecule has 1 unspecified atom stereocenters. The molecule has 2 N–H and O–H groups in total. The number of aliphatic hydroxyl groups is 1. The van der Waals surface area contributed by atoms with Crippen LogP contribution in [0.25, 0.3) is 0 Å². The summed E-state index contributed by atoms with van der Waals surface area (Å²) < 4.78 is 25.5. The van der Waals surface area contributed by atoms with E-state index in [4.69, 9.17) is 14.6 Å². The van der Waals surface area contributed by atoms with E-state index in [2.05, 4.69) is 4.90 Å². The van der Waals surface area contributed by atoms with Gasteiger partial charge in [0.05, 0.1) is 25.4 Å². The number of hydrogen-bond donors (Lipinski definition) is 2. The third kappa shape index (κ3) is 8.10. The molecule has 1 heterocycles. The van der Waals surface area contributed by atoms with Gasteiger partial charge in [0.1, 0.15) is 5.82 Å². The number of hydrogen-bond acceptors (Lipinski definition) is 5. The van der Waals surface area contributed by atoms with Gasteiger partial charge in [-0.25, -0.2) is 9.18 Å². The molecule has 1 aliphatic heterocycles. The van der Waals surface area contributed by atoms with Crippen molar-refractivity contribution in [3.63, 3.8) is 0 Å². The van der Waals surface area contributed by atoms with E-state index in [0.717, 1.165) is 42.5 Å². The Morgan fingerprint density at radius 3 is 2.72 bits per heavy atom. The second-order valence-electron chi connectivity index (χ2n) is 9.76. The molecule has 36 heavy (non-hydrogen) atoms. The number of halogens is 1. The van der Waals surface area contributed by atoms with E-state index in [1.807, 2.05) is 43.3 Å². The molecule has 4 atom stereocenters. The van der Waals surface area contributed by atoms with E-state index < -0.39 is 18.2 Å². The van der Waals surface area contributed by atoms with Gasteiger partial charge >= 0.3 is 5.97 Å². The van der Waals surface area contributed by atoms with Gasteiger partial charge in [0, 0.05) is 12.6 Å². The highest BCUT2D eigenvalue weighted by Gasteiger charge is 2.27. The number of carboxylic acids is 1. The molecule has 2 aromatic carbocycles. The Morgan fingerprint density at radius 1 is 1.22 bits per heavy atom. The molecule has 0 aliphatic carbocycles. The highest BCUT2D eigenvalue weighted by atomic mass is 19.1. The zero-order valence-electron chi connectivity index (χ0n) is 21.7. The van der Waals surface area contributed by atoms with Crippen LogP contribution >= 0.6 is 0 Å². The van der Waals surface area contributed by atoms with Crippen molar-refractivity contribution in [1.82, 2.24) is 4.90 Å². The fourth-order valence-electron chi connectivity index (χ4n) is 4.90. The first kappa shape index (κ1) is 28.3. The summed E-state index contributed by atoms with van der Waals surface area (Å²) in [6.45, 7) is 7.50. The zero-order valence-corrected chi connectivity index (χ0v) is 21.7. The predicted octanol–water partition coefficient (Wildman–Crippen LogP) is 4.70. The van der Waals surface area contributed by atoms with E-state index in [0.29, 0.717) is 31.6 Å². The number of nitrogens with zero attached hydrogens (tertiary/aromatic N) is 1. The first-order chi connectivity index (χ1) is 17.3. The van der Waals surface area contributed by atoms with Crippen LogP contribution in [0.4, 0.5) is 4.39 Å². The maximum Gasteiger partial charge on any atom is 0.332 e. The highest BCUT2D eigenvalue weighted by molar-refractivity contribution is 5.72. The molecule has 6 nitrogen and oxygen atoms in total. The standard InChI is InChI=1S/C29H40FNO5/c1-4-28(29(33)34)35-15-13-23-8-5-6-10-26(23)21(3)36-19-25(32)18-31-14-7-9-24(31)16-22-12-11-20(2)27(30)17-22/h5-6,8,10-12,17,21,24-25,28,32H,4,7,9,13-16,18-19H2,1-3H3,(H,33,34)/t21-,24+,25-,28?/m1/s1. The van der Waals surface area contributed by atoms with Crippen molar-refractivity contribution in [2.75, 3.05) is 26.3 Å². The maximum atomic E-state index is 14.0. The first-order valence-corrected chi connectivity index (χ1v) is 13.0. The van der Waals surface area contributed by atoms with Gasteiger partial charge in [0.2, 0.25) is 0 Å². The van der Waals surface area contributed by atoms with Gasteiger partial charge in [0.25, 0.3) is 0 Å². The summed E-state index contributed by atoms with van der Waals surface area (Å²) in [5.41, 5.74) is 3.70. The SMILES string of the molecule is CCC(OCCc1ccccc1[C@@H](C)OC[C@H](O)CN1CCC[C@H]1Cc1ccc(C)c(F)c1)C(=O)O. The number of aryl methyl sites for hydroxylation is 1. The lowest BCUT2D eigenvalue weighted by atomic mass is 10.0. The second kappa shape index (κ2) is 13.8. The van der Waals surface area contributed by atoms with Gasteiger partial charge in [0.15, 0.2) is 6.10 Å². The average Bonchev–Trinajstić information content (AvgIpc) is 3.28. The summed E-state index contributed by atoms with van der Waals surface area (Å²) in [5, 5.41) is 19.9. The maximum absolute atomic E-state index is 14.0. The fraction of sp³-hybridized carbons (Fsp3) is 0.552. The monoisotopic (exact) mass is 501 g/mol. The Bertz CT molecular complexity index is 984. The van der Waals surface area contributed by atoms with E-state index in [9.17, 15) is 14.3 Å². The van der Waals surface area contributed by atoms with E-state index in [1.54, 1.807) is 19.9 Å². The Hall–Kier alpha value is -2.32. The molecular formula is C29H40FNO5. The van der Waals surface area contributed by atoms with Crippen LogP contribution in [0.3, 0.4) is 0 Å². The van der Waals surface area contributed by atoms with Crippen LogP contribution in [-0.4, -0.2) is 65.6 Å². The number of aliphatic carboxylic acids is 1. The largest absolute Gasteiger partial charge is 0.479 e. The van der Waals surface area contributed by atoms with Crippen molar-refractivity contribution in [2.24, 2.45) is 0 Å². The number of rotatable bonds is 14. The minimum absolute atomic E-state index is 0.168. The van der Waals surface area contributed by atoms with Crippen molar-refractivity contribution in [3.8, 4) is 0 Å². The van der Waals surface area contributed by atoms with Crippen LogP contribution in [0.2, 0.25) is 0 Å². The van der Waals surface area contributed by atoms with Gasteiger partial charge in [-0.05, 0) is 80.8 Å². The Morgan fingerprint density at radius 2 is 2.00 bits per heavy atom. The average molecular weight is 502 g/mol. The number of benzene rings is 2. The molecule has 2 aromatic rings. The quantitative estimate of drug-likeness (QED) is 0.391. The summed E-state index contributed by atoms with van der Waals surface area (Å²) >= 11 is 0. The molecular weight excluding hydrogens is 461 g/mol. The van der Waals surface area contributed by atoms with Gasteiger partial charge in [-0.1, -0.05) is 43.3 Å². The molecule has 0 aromatic heterocycles. The van der Waals surface area contributed by atoms with E-state index in [1.165, 1.54) is 0 Å². The predicted molar refractivity (Wildman–Crippen MR) is 138 cm³/mol. The lowest BCUT2D eigenvalue weighted by Gasteiger charge is -2.28. The van der Waals surface area contributed by atoms with Crippen molar-refractivity contribution >= 4 is 5.97 Å². The number of aliphatic hydroxyl groups excluding tert-OH is 1. The molecule has 0 amide bonds. The lowest BCUT2D eigenvalue weighted by molar-refractivity contribution is -0.150. The molecule has 0 radical (unpaired) electrons. The van der Waals surface area contributed by atoms with Crippen molar-refractivity contribution in [1.29, 1.82) is 0 Å². The second-order valence-corrected chi connectivity index (χ2v) is 9.76. The third-order valence-corrected chi connectivity index (χ3v) is 7.02.